The molecule has 170 valence electrons. The van der Waals surface area contributed by atoms with Crippen LogP contribution in [0.1, 0.15) is 0 Å². The van der Waals surface area contributed by atoms with Crippen molar-refractivity contribution in [1.29, 1.82) is 0 Å². The van der Waals surface area contributed by atoms with Crippen molar-refractivity contribution in [2.75, 3.05) is 49.2 Å². The Labute approximate surface area is 195 Å². The summed E-state index contributed by atoms with van der Waals surface area (Å²) in [7, 11) is 2.14. The Balaban J connectivity index is 1.41. The van der Waals surface area contributed by atoms with E-state index in [1.807, 2.05) is 12.1 Å². The predicted molar refractivity (Wildman–Crippen MR) is 132 cm³/mol. The first-order valence-corrected chi connectivity index (χ1v) is 11.3. The number of halogens is 1. The summed E-state index contributed by atoms with van der Waals surface area (Å²) in [4.78, 5) is 13.7. The van der Waals surface area contributed by atoms with E-state index in [9.17, 15) is 3.89 Å². The van der Waals surface area contributed by atoms with Crippen LogP contribution in [0, 0.1) is 0 Å². The average Bonchev–Trinajstić information content (AvgIpc) is 3.24. The van der Waals surface area contributed by atoms with Gasteiger partial charge >= 0.3 is 0 Å². The summed E-state index contributed by atoms with van der Waals surface area (Å²) in [6.07, 6.45) is 1.59. The molecule has 0 spiro atoms. The van der Waals surface area contributed by atoms with Crippen molar-refractivity contribution in [3.05, 3.63) is 60.8 Å². The number of nitrogens with two attached hydrogens (primary N) is 1. The van der Waals surface area contributed by atoms with Gasteiger partial charge in [-0.1, -0.05) is 6.07 Å². The second-order valence-electron chi connectivity index (χ2n) is 7.94. The number of piperazine rings is 1. The largest absolute Gasteiger partial charge is 0.438 e. The quantitative estimate of drug-likeness (QED) is 0.397. The number of nitrogen functional groups attached to an aromatic ring is 1. The highest BCUT2D eigenvalue weighted by Crippen LogP contribution is 2.32. The van der Waals surface area contributed by atoms with E-state index in [1.54, 1.807) is 36.5 Å². The molecule has 0 saturated carbocycles. The summed E-state index contributed by atoms with van der Waals surface area (Å²) in [6, 6.07) is 16.9. The molecule has 10 heteroatoms. The number of rotatable bonds is 6. The first-order chi connectivity index (χ1) is 16.1. The Hall–Kier alpha value is -3.50. The molecule has 2 aromatic carbocycles. The van der Waals surface area contributed by atoms with E-state index in [-0.39, 0.29) is 12.3 Å². The van der Waals surface area contributed by atoms with E-state index < -0.39 is 0 Å². The number of anilines is 4. The van der Waals surface area contributed by atoms with Crippen LogP contribution in [0.3, 0.4) is 0 Å². The molecule has 2 aromatic heterocycles. The standard InChI is InChI=1S/C23H24FN7OS/c1-29-11-13-30(14-12-29)18-7-5-17(6-8-18)26-23-27-21-20(9-10-31(21)33-24)22(28-23)32-19-4-2-3-16(25)15-19/h2-10,15H,11-14,25H2,1H3,(H,26,27,28). The van der Waals surface area contributed by atoms with Crippen LogP contribution in [0.15, 0.2) is 60.8 Å². The number of hydrogen-bond acceptors (Lipinski definition) is 8. The molecule has 0 amide bonds. The van der Waals surface area contributed by atoms with Gasteiger partial charge in [-0.15, -0.1) is 3.89 Å². The van der Waals surface area contributed by atoms with Crippen LogP contribution in [0.4, 0.5) is 26.9 Å². The van der Waals surface area contributed by atoms with Crippen molar-refractivity contribution in [3.63, 3.8) is 0 Å². The Morgan fingerprint density at radius 1 is 1.03 bits per heavy atom. The molecule has 3 heterocycles. The summed E-state index contributed by atoms with van der Waals surface area (Å²) in [5.41, 5.74) is 8.86. The number of benzene rings is 2. The van der Waals surface area contributed by atoms with Crippen LogP contribution >= 0.6 is 12.3 Å². The van der Waals surface area contributed by atoms with Gasteiger partial charge in [0.25, 0.3) is 0 Å². The Kier molecular flexibility index (Phi) is 5.93. The molecule has 1 saturated heterocycles. The van der Waals surface area contributed by atoms with Crippen molar-refractivity contribution in [3.8, 4) is 11.6 Å². The van der Waals surface area contributed by atoms with Crippen LogP contribution in [-0.4, -0.2) is 52.1 Å². The fraction of sp³-hybridized carbons (Fsp3) is 0.217. The predicted octanol–water partition coefficient (Wildman–Crippen LogP) is 4.68. The Morgan fingerprint density at radius 3 is 2.55 bits per heavy atom. The smallest absolute Gasteiger partial charge is 0.233 e. The molecule has 8 nitrogen and oxygen atoms in total. The van der Waals surface area contributed by atoms with Gasteiger partial charge in [-0.3, -0.25) is 0 Å². The molecular weight excluding hydrogens is 441 g/mol. The molecule has 0 radical (unpaired) electrons. The topological polar surface area (TPSA) is 84.5 Å². The molecule has 0 bridgehead atoms. The van der Waals surface area contributed by atoms with Crippen molar-refractivity contribution < 1.29 is 8.62 Å². The first kappa shape index (κ1) is 21.4. The van der Waals surface area contributed by atoms with Crippen molar-refractivity contribution in [1.82, 2.24) is 18.8 Å². The molecule has 0 atom stereocenters. The Bertz CT molecular complexity index is 1260. The van der Waals surface area contributed by atoms with Crippen molar-refractivity contribution in [2.24, 2.45) is 0 Å². The zero-order chi connectivity index (χ0) is 22.8. The molecule has 1 aliphatic rings. The van der Waals surface area contributed by atoms with Crippen LogP contribution < -0.4 is 20.7 Å². The zero-order valence-corrected chi connectivity index (χ0v) is 18.9. The highest BCUT2D eigenvalue weighted by molar-refractivity contribution is 7.92. The minimum Gasteiger partial charge on any atom is -0.438 e. The maximum absolute atomic E-state index is 13.4. The number of nitrogens with one attached hydrogen (secondary N) is 1. The van der Waals surface area contributed by atoms with Gasteiger partial charge in [0.2, 0.25) is 11.8 Å². The average molecular weight is 466 g/mol. The second-order valence-corrected chi connectivity index (χ2v) is 8.47. The van der Waals surface area contributed by atoms with E-state index in [0.717, 1.165) is 31.9 Å². The molecule has 0 aliphatic carbocycles. The highest BCUT2D eigenvalue weighted by atomic mass is 32.2. The first-order valence-electron chi connectivity index (χ1n) is 10.6. The molecule has 1 aliphatic heterocycles. The van der Waals surface area contributed by atoms with Gasteiger partial charge in [0.1, 0.15) is 5.75 Å². The van der Waals surface area contributed by atoms with Gasteiger partial charge in [-0.2, -0.15) is 9.97 Å². The normalized spacial score (nSPS) is 14.5. The lowest BCUT2D eigenvalue weighted by molar-refractivity contribution is 0.313. The third kappa shape index (κ3) is 4.67. The fourth-order valence-corrected chi connectivity index (χ4v) is 4.10. The summed E-state index contributed by atoms with van der Waals surface area (Å²) in [5, 5.41) is 3.81. The van der Waals surface area contributed by atoms with Crippen LogP contribution in [0.5, 0.6) is 11.6 Å². The number of aromatic nitrogens is 3. The van der Waals surface area contributed by atoms with Gasteiger partial charge in [-0.25, -0.2) is 3.97 Å². The SMILES string of the molecule is CN1CCN(c2ccc(Nc3nc(Oc4cccc(N)c4)c4ccn(SF)c4n3)cc2)CC1. The number of nitrogens with zero attached hydrogens (tertiary/aromatic N) is 5. The van der Waals surface area contributed by atoms with Gasteiger partial charge < -0.3 is 25.6 Å². The number of ether oxygens (including phenoxy) is 1. The van der Waals surface area contributed by atoms with Gasteiger partial charge in [-0.05, 0) is 49.5 Å². The van der Waals surface area contributed by atoms with Crippen molar-refractivity contribution in [2.45, 2.75) is 0 Å². The monoisotopic (exact) mass is 465 g/mol. The van der Waals surface area contributed by atoms with E-state index in [1.165, 1.54) is 9.66 Å². The maximum Gasteiger partial charge on any atom is 0.233 e. The lowest BCUT2D eigenvalue weighted by Crippen LogP contribution is -2.44. The third-order valence-electron chi connectivity index (χ3n) is 5.61. The molecule has 3 N–H and O–H groups in total. The second kappa shape index (κ2) is 9.16. The maximum atomic E-state index is 13.4. The van der Waals surface area contributed by atoms with Crippen LogP contribution in [-0.2, 0) is 0 Å². The summed E-state index contributed by atoms with van der Waals surface area (Å²) in [6.45, 7) is 4.11. The molecule has 33 heavy (non-hydrogen) atoms. The van der Waals surface area contributed by atoms with E-state index in [0.29, 0.717) is 34.3 Å². The highest BCUT2D eigenvalue weighted by Gasteiger charge is 2.16. The van der Waals surface area contributed by atoms with Gasteiger partial charge in [0, 0.05) is 55.5 Å². The minimum atomic E-state index is 0.0694. The molecule has 5 rings (SSSR count). The van der Waals surface area contributed by atoms with E-state index >= 15 is 0 Å². The zero-order valence-electron chi connectivity index (χ0n) is 18.1. The Morgan fingerprint density at radius 2 is 1.82 bits per heavy atom. The summed E-state index contributed by atoms with van der Waals surface area (Å²) in [5.74, 6) is 1.16. The van der Waals surface area contributed by atoms with E-state index in [4.69, 9.17) is 10.5 Å². The molecule has 0 unspecified atom stereocenters. The summed E-state index contributed by atoms with van der Waals surface area (Å²) >= 11 is 0.0694. The fourth-order valence-electron chi connectivity index (χ4n) is 3.79. The summed E-state index contributed by atoms with van der Waals surface area (Å²) < 4.78 is 20.8. The van der Waals surface area contributed by atoms with Crippen LogP contribution in [0.25, 0.3) is 11.0 Å². The van der Waals surface area contributed by atoms with E-state index in [2.05, 4.69) is 44.3 Å². The lowest BCUT2D eigenvalue weighted by atomic mass is 10.2. The van der Waals surface area contributed by atoms with Crippen LogP contribution in [0.2, 0.25) is 0 Å². The molecule has 1 fully saturated rings. The minimum absolute atomic E-state index is 0.0694. The number of likely N-dealkylation sites (N-methyl/N-ethyl adjacent to an activating group) is 1. The number of hydrogen-bond donors (Lipinski definition) is 2. The number of fused-ring (bicyclic) bond motifs is 1. The van der Waals surface area contributed by atoms with Crippen molar-refractivity contribution >= 4 is 46.4 Å². The van der Waals surface area contributed by atoms with Gasteiger partial charge in [0.05, 0.1) is 5.39 Å². The van der Waals surface area contributed by atoms with Gasteiger partial charge in [0.15, 0.2) is 18.0 Å². The lowest BCUT2D eigenvalue weighted by Gasteiger charge is -2.34. The third-order valence-corrected chi connectivity index (χ3v) is 6.06. The molecular formula is C23H24FN7OS. The molecule has 4 aromatic rings.